The number of carbonyl (C=O) groups is 1. The third-order valence-corrected chi connectivity index (χ3v) is 6.08. The first-order valence-corrected chi connectivity index (χ1v) is 9.87. The van der Waals surface area contributed by atoms with Crippen LogP contribution in [0.5, 0.6) is 5.75 Å². The van der Waals surface area contributed by atoms with Crippen LogP contribution < -0.4 is 26.1 Å². The number of likely N-dealkylation sites (N-methyl/N-ethyl adjacent to an activating group) is 1. The Morgan fingerprint density at radius 3 is 2.63 bits per heavy atom. The zero-order valence-corrected chi connectivity index (χ0v) is 17.2. The van der Waals surface area contributed by atoms with E-state index in [0.717, 1.165) is 12.8 Å². The van der Waals surface area contributed by atoms with E-state index in [4.69, 9.17) is 27.2 Å². The van der Waals surface area contributed by atoms with Crippen molar-refractivity contribution < 1.29 is 23.8 Å². The third kappa shape index (κ3) is 3.24. The summed E-state index contributed by atoms with van der Waals surface area (Å²) in [5.74, 6) is -1.27. The molecule has 9 nitrogen and oxygen atoms in total. The maximum Gasteiger partial charge on any atom is 0.511 e. The lowest BCUT2D eigenvalue weighted by molar-refractivity contribution is 0.0996. The molecule has 0 spiro atoms. The number of hydrogen-bond acceptors (Lipinski definition) is 7. The van der Waals surface area contributed by atoms with Crippen molar-refractivity contribution in [2.45, 2.75) is 31.0 Å². The number of halogens is 2. The van der Waals surface area contributed by atoms with Crippen molar-refractivity contribution in [3.63, 3.8) is 0 Å². The zero-order chi connectivity index (χ0) is 21.7. The molecule has 1 aliphatic heterocycles. The predicted molar refractivity (Wildman–Crippen MR) is 110 cm³/mol. The molecule has 0 bridgehead atoms. The van der Waals surface area contributed by atoms with Gasteiger partial charge in [0.2, 0.25) is 5.43 Å². The summed E-state index contributed by atoms with van der Waals surface area (Å²) in [5, 5.41) is 12.0. The minimum atomic E-state index is -1.64. The van der Waals surface area contributed by atoms with E-state index in [2.05, 4.69) is 10.1 Å². The van der Waals surface area contributed by atoms with Crippen LogP contribution in [0.1, 0.15) is 18.9 Å². The molecule has 1 aromatic carbocycles. The van der Waals surface area contributed by atoms with Crippen molar-refractivity contribution in [1.29, 1.82) is 0 Å². The normalized spacial score (nSPS) is 21.4. The molecule has 4 rings (SSSR count). The van der Waals surface area contributed by atoms with Crippen LogP contribution in [-0.2, 0) is 4.74 Å². The molecule has 11 heteroatoms. The number of fused-ring (bicyclic) bond motifs is 1. The van der Waals surface area contributed by atoms with Gasteiger partial charge in [0.05, 0.1) is 45.6 Å². The molecule has 2 fully saturated rings. The van der Waals surface area contributed by atoms with Gasteiger partial charge in [-0.05, 0) is 19.9 Å². The Morgan fingerprint density at radius 1 is 1.40 bits per heavy atom. The van der Waals surface area contributed by atoms with Crippen molar-refractivity contribution >= 4 is 40.0 Å². The van der Waals surface area contributed by atoms with Crippen LogP contribution in [0.3, 0.4) is 0 Å². The summed E-state index contributed by atoms with van der Waals surface area (Å²) in [4.78, 5) is 25.6. The number of hydrogen-bond donors (Lipinski definition) is 3. The molecule has 4 N–H and O–H groups in total. The summed E-state index contributed by atoms with van der Waals surface area (Å²) in [5.41, 5.74) is 5.22. The fourth-order valence-corrected chi connectivity index (χ4v) is 4.48. The minimum Gasteiger partial charge on any atom is -0.449 e. The highest BCUT2D eigenvalue weighted by molar-refractivity contribution is 6.38. The van der Waals surface area contributed by atoms with Gasteiger partial charge < -0.3 is 35.1 Å². The fraction of sp³-hybridized carbons (Fsp3) is 0.474. The van der Waals surface area contributed by atoms with Crippen LogP contribution in [0, 0.1) is 5.82 Å². The highest BCUT2D eigenvalue weighted by Crippen LogP contribution is 2.45. The summed E-state index contributed by atoms with van der Waals surface area (Å²) in [7, 11) is 3.38. The lowest BCUT2D eigenvalue weighted by atomic mass is 10.1. The second-order valence-corrected chi connectivity index (χ2v) is 7.90. The number of anilines is 2. The number of nitrogens with two attached hydrogens (primary N) is 1. The van der Waals surface area contributed by atoms with Gasteiger partial charge in [-0.15, -0.1) is 0 Å². The average molecular weight is 441 g/mol. The minimum absolute atomic E-state index is 0.00480. The summed E-state index contributed by atoms with van der Waals surface area (Å²) < 4.78 is 27.2. The number of ether oxygens (including phenoxy) is 2. The summed E-state index contributed by atoms with van der Waals surface area (Å²) >= 11 is 6.67. The summed E-state index contributed by atoms with van der Waals surface area (Å²) in [6.07, 6.45) is 1.10. The third-order valence-electron chi connectivity index (χ3n) is 5.73. The van der Waals surface area contributed by atoms with E-state index in [0.29, 0.717) is 13.1 Å². The molecule has 0 unspecified atom stereocenters. The Balaban J connectivity index is 1.96. The highest BCUT2D eigenvalue weighted by atomic mass is 35.5. The van der Waals surface area contributed by atoms with E-state index in [-0.39, 0.29) is 45.5 Å². The lowest BCUT2D eigenvalue weighted by Gasteiger charge is -2.24. The predicted octanol–water partition coefficient (Wildman–Crippen LogP) is 2.19. The Morgan fingerprint density at radius 2 is 2.10 bits per heavy atom. The zero-order valence-electron chi connectivity index (χ0n) is 16.4. The Labute approximate surface area is 176 Å². The number of carboxylic acid groups (broad SMARTS) is 1. The van der Waals surface area contributed by atoms with Gasteiger partial charge in [-0.25, -0.2) is 9.18 Å². The van der Waals surface area contributed by atoms with E-state index < -0.39 is 23.2 Å². The van der Waals surface area contributed by atoms with Gasteiger partial charge in [-0.3, -0.25) is 4.79 Å². The Bertz CT molecular complexity index is 1080. The monoisotopic (exact) mass is 440 g/mol. The van der Waals surface area contributed by atoms with Crippen molar-refractivity contribution in [1.82, 2.24) is 9.88 Å². The molecule has 1 saturated carbocycles. The van der Waals surface area contributed by atoms with Crippen LogP contribution in [0.4, 0.5) is 20.6 Å². The van der Waals surface area contributed by atoms with E-state index in [1.54, 1.807) is 23.6 Å². The molecular weight excluding hydrogens is 419 g/mol. The van der Waals surface area contributed by atoms with E-state index in [1.807, 2.05) is 0 Å². The number of aromatic nitrogens is 1. The molecular formula is C19H22ClFN4O5. The Kier molecular flexibility index (Phi) is 5.25. The standard InChI is InChI=1S/C19H22ClFN4O5/c1-23-9-5-24(6-10(9)29-2)17-13(20)16-12(15(22)14(17)21)18(26)11(30-19(27)28)7-25(16)8-3-4-8/h7-10,23H,3-6,22H2,1-2H3,(H,27,28)/t9-,10+/m0/s1. The number of nitrogens with one attached hydrogen (secondary N) is 1. The molecule has 30 heavy (non-hydrogen) atoms. The van der Waals surface area contributed by atoms with Gasteiger partial charge in [-0.2, -0.15) is 0 Å². The van der Waals surface area contributed by atoms with E-state index in [9.17, 15) is 9.59 Å². The molecule has 2 aliphatic rings. The molecule has 1 aromatic heterocycles. The van der Waals surface area contributed by atoms with Crippen LogP contribution in [0.25, 0.3) is 10.9 Å². The van der Waals surface area contributed by atoms with Crippen molar-refractivity contribution in [2.24, 2.45) is 0 Å². The van der Waals surface area contributed by atoms with Gasteiger partial charge in [0.15, 0.2) is 11.6 Å². The molecule has 0 amide bonds. The van der Waals surface area contributed by atoms with Crippen LogP contribution in [0.2, 0.25) is 5.02 Å². The van der Waals surface area contributed by atoms with Crippen LogP contribution >= 0.6 is 11.6 Å². The highest BCUT2D eigenvalue weighted by Gasteiger charge is 2.37. The van der Waals surface area contributed by atoms with Gasteiger partial charge in [-0.1, -0.05) is 11.6 Å². The summed E-state index contributed by atoms with van der Waals surface area (Å²) in [6, 6.07) is -0.0471. The summed E-state index contributed by atoms with van der Waals surface area (Å²) in [6.45, 7) is 0.821. The van der Waals surface area contributed by atoms with E-state index >= 15 is 4.39 Å². The first-order chi connectivity index (χ1) is 14.3. The van der Waals surface area contributed by atoms with Crippen LogP contribution in [0.15, 0.2) is 11.0 Å². The number of rotatable bonds is 5. The first-order valence-electron chi connectivity index (χ1n) is 9.49. The van der Waals surface area contributed by atoms with Gasteiger partial charge >= 0.3 is 6.16 Å². The molecule has 2 aromatic rings. The maximum atomic E-state index is 15.4. The SMILES string of the molecule is CN[C@H]1CN(c2c(F)c(N)c3c(=O)c(OC(=O)O)cn(C4CC4)c3c2Cl)C[C@H]1OC. The number of benzene rings is 1. The molecule has 2 atom stereocenters. The average Bonchev–Trinajstić information content (AvgIpc) is 3.46. The number of methoxy groups -OCH3 is 1. The van der Waals surface area contributed by atoms with Crippen molar-refractivity contribution in [2.75, 3.05) is 37.9 Å². The van der Waals surface area contributed by atoms with Crippen molar-refractivity contribution in [3.05, 3.63) is 27.3 Å². The molecule has 162 valence electrons. The Hall–Kier alpha value is -2.56. The molecule has 0 radical (unpaired) electrons. The first kappa shape index (κ1) is 20.7. The fourth-order valence-electron chi connectivity index (χ4n) is 4.09. The molecule has 1 saturated heterocycles. The lowest BCUT2D eigenvalue weighted by Crippen LogP contribution is -2.37. The smallest absolute Gasteiger partial charge is 0.449 e. The van der Waals surface area contributed by atoms with Crippen LogP contribution in [-0.4, -0.2) is 55.2 Å². The molecule has 1 aliphatic carbocycles. The number of pyridine rings is 1. The van der Waals surface area contributed by atoms with Gasteiger partial charge in [0, 0.05) is 26.2 Å². The van der Waals surface area contributed by atoms with Gasteiger partial charge in [0.25, 0.3) is 0 Å². The quantitative estimate of drug-likeness (QED) is 0.478. The second-order valence-electron chi connectivity index (χ2n) is 7.52. The largest absolute Gasteiger partial charge is 0.511 e. The number of nitrogens with zero attached hydrogens (tertiary/aromatic N) is 2. The second kappa shape index (κ2) is 7.60. The van der Waals surface area contributed by atoms with Gasteiger partial charge in [0.1, 0.15) is 0 Å². The topological polar surface area (TPSA) is 119 Å². The maximum absolute atomic E-state index is 15.4. The molecule has 2 heterocycles. The van der Waals surface area contributed by atoms with E-state index in [1.165, 1.54) is 6.20 Å². The van der Waals surface area contributed by atoms with Crippen molar-refractivity contribution in [3.8, 4) is 5.75 Å². The number of nitrogen functional groups attached to an aromatic ring is 1.